The van der Waals surface area contributed by atoms with Crippen LogP contribution in [0.3, 0.4) is 0 Å². The van der Waals surface area contributed by atoms with Gasteiger partial charge in [-0.25, -0.2) is 0 Å². The van der Waals surface area contributed by atoms with Crippen LogP contribution in [0.25, 0.3) is 0 Å². The zero-order valence-electron chi connectivity index (χ0n) is 16.6. The van der Waals surface area contributed by atoms with Crippen molar-refractivity contribution >= 4 is 23.4 Å². The van der Waals surface area contributed by atoms with Crippen LogP contribution in [-0.4, -0.2) is 36.6 Å². The molecular formula is C20H35NO5. The van der Waals surface area contributed by atoms with E-state index in [1.54, 1.807) is 6.92 Å². The first-order valence-electron chi connectivity index (χ1n) is 9.91. The lowest BCUT2D eigenvalue weighted by Crippen LogP contribution is -2.29. The Morgan fingerprint density at radius 3 is 2.12 bits per heavy atom. The number of unbranched alkanes of at least 4 members (excludes halogenated alkanes) is 3. The Balaban J connectivity index is 4.21. The van der Waals surface area contributed by atoms with Gasteiger partial charge in [-0.1, -0.05) is 39.5 Å². The molecule has 0 saturated carbocycles. The van der Waals surface area contributed by atoms with Gasteiger partial charge in [0.2, 0.25) is 5.91 Å². The van der Waals surface area contributed by atoms with Crippen molar-refractivity contribution in [1.82, 2.24) is 5.32 Å². The first kappa shape index (κ1) is 24.3. The summed E-state index contributed by atoms with van der Waals surface area (Å²) in [5.41, 5.74) is 0. The van der Waals surface area contributed by atoms with Crippen LogP contribution in [0.5, 0.6) is 0 Å². The summed E-state index contributed by atoms with van der Waals surface area (Å²) in [4.78, 5) is 47.4. The van der Waals surface area contributed by atoms with Crippen molar-refractivity contribution in [3.05, 3.63) is 0 Å². The topological polar surface area (TPSA) is 89.5 Å². The van der Waals surface area contributed by atoms with Crippen molar-refractivity contribution in [2.75, 3.05) is 13.2 Å². The number of hydrogen-bond acceptors (Lipinski definition) is 5. The number of amides is 1. The molecule has 1 N–H and O–H groups in total. The average Bonchev–Trinajstić information content (AvgIpc) is 2.62. The molecule has 0 spiro atoms. The lowest BCUT2D eigenvalue weighted by Gasteiger charge is -2.14. The molecule has 6 heteroatoms. The largest absolute Gasteiger partial charge is 0.466 e. The monoisotopic (exact) mass is 369 g/mol. The number of ether oxygens (including phenoxy) is 1. The lowest BCUT2D eigenvalue weighted by atomic mass is 9.94. The molecule has 0 aromatic heterocycles. The van der Waals surface area contributed by atoms with Crippen LogP contribution in [-0.2, 0) is 23.9 Å². The van der Waals surface area contributed by atoms with Gasteiger partial charge in [-0.3, -0.25) is 19.2 Å². The van der Waals surface area contributed by atoms with E-state index >= 15 is 0 Å². The third-order valence-electron chi connectivity index (χ3n) is 4.17. The Morgan fingerprint density at radius 1 is 0.846 bits per heavy atom. The van der Waals surface area contributed by atoms with Crippen molar-refractivity contribution < 1.29 is 23.9 Å². The maximum absolute atomic E-state index is 12.1. The maximum atomic E-state index is 12.1. The Bertz CT molecular complexity index is 447. The molecule has 26 heavy (non-hydrogen) atoms. The minimum Gasteiger partial charge on any atom is -0.466 e. The van der Waals surface area contributed by atoms with Crippen molar-refractivity contribution in [1.29, 1.82) is 0 Å². The van der Waals surface area contributed by atoms with E-state index in [0.717, 1.165) is 32.1 Å². The predicted molar refractivity (Wildman–Crippen MR) is 101 cm³/mol. The van der Waals surface area contributed by atoms with Crippen LogP contribution < -0.4 is 5.32 Å². The van der Waals surface area contributed by atoms with E-state index in [1.807, 2.05) is 6.92 Å². The molecule has 0 bridgehead atoms. The van der Waals surface area contributed by atoms with Crippen LogP contribution in [0.4, 0.5) is 0 Å². The minimum atomic E-state index is -0.419. The van der Waals surface area contributed by atoms with E-state index in [1.165, 1.54) is 0 Å². The fourth-order valence-corrected chi connectivity index (χ4v) is 2.57. The number of esters is 1. The summed E-state index contributed by atoms with van der Waals surface area (Å²) in [5, 5.41) is 2.58. The van der Waals surface area contributed by atoms with E-state index in [9.17, 15) is 19.2 Å². The summed E-state index contributed by atoms with van der Waals surface area (Å²) >= 11 is 0. The minimum absolute atomic E-state index is 0.0341. The summed E-state index contributed by atoms with van der Waals surface area (Å²) in [6.45, 7) is 6.09. The van der Waals surface area contributed by atoms with Gasteiger partial charge in [-0.05, 0) is 19.8 Å². The first-order valence-corrected chi connectivity index (χ1v) is 9.91. The second-order valence-corrected chi connectivity index (χ2v) is 6.61. The van der Waals surface area contributed by atoms with Crippen LogP contribution in [0.2, 0.25) is 0 Å². The van der Waals surface area contributed by atoms with E-state index in [4.69, 9.17) is 4.74 Å². The zero-order chi connectivity index (χ0) is 19.8. The van der Waals surface area contributed by atoms with Gasteiger partial charge in [0.25, 0.3) is 0 Å². The average molecular weight is 370 g/mol. The van der Waals surface area contributed by atoms with Gasteiger partial charge < -0.3 is 10.1 Å². The van der Waals surface area contributed by atoms with Gasteiger partial charge in [-0.2, -0.15) is 0 Å². The van der Waals surface area contributed by atoms with Gasteiger partial charge in [-0.15, -0.1) is 0 Å². The molecule has 0 aromatic rings. The van der Waals surface area contributed by atoms with Gasteiger partial charge in [0.1, 0.15) is 5.78 Å². The normalized spacial score (nSPS) is 11.7. The standard InChI is InChI=1S/C20H35NO5/c1-4-7-9-10-16(20(25)26-6-3)14-17(22)12-13-18(23)15-21-19(24)11-8-5-2/h16H,4-15H2,1-3H3,(H,21,24)/t16-/m1/s1. The molecule has 0 aliphatic carbocycles. The molecule has 0 aliphatic rings. The van der Waals surface area contributed by atoms with Crippen molar-refractivity contribution in [2.24, 2.45) is 5.92 Å². The molecule has 6 nitrogen and oxygen atoms in total. The highest BCUT2D eigenvalue weighted by atomic mass is 16.5. The zero-order valence-corrected chi connectivity index (χ0v) is 16.6. The smallest absolute Gasteiger partial charge is 0.309 e. The number of carbonyl (C=O) groups excluding carboxylic acids is 4. The molecule has 0 radical (unpaired) electrons. The maximum Gasteiger partial charge on any atom is 0.309 e. The summed E-state index contributed by atoms with van der Waals surface area (Å²) in [6.07, 6.45) is 6.05. The van der Waals surface area contributed by atoms with Crippen molar-refractivity contribution in [3.63, 3.8) is 0 Å². The van der Waals surface area contributed by atoms with Crippen molar-refractivity contribution in [2.45, 2.75) is 85.0 Å². The molecule has 0 aromatic carbocycles. The highest BCUT2D eigenvalue weighted by molar-refractivity contribution is 5.90. The van der Waals surface area contributed by atoms with Gasteiger partial charge in [0, 0.05) is 25.7 Å². The van der Waals surface area contributed by atoms with Crippen molar-refractivity contribution in [3.8, 4) is 0 Å². The molecule has 0 unspecified atom stereocenters. The number of rotatable bonds is 16. The number of nitrogens with one attached hydrogen (secondary N) is 1. The van der Waals surface area contributed by atoms with Crippen LogP contribution in [0.15, 0.2) is 0 Å². The van der Waals surface area contributed by atoms with E-state index in [0.29, 0.717) is 19.4 Å². The van der Waals surface area contributed by atoms with Crippen LogP contribution >= 0.6 is 0 Å². The third kappa shape index (κ3) is 12.6. The highest BCUT2D eigenvalue weighted by Gasteiger charge is 2.23. The molecule has 1 atom stereocenters. The van der Waals surface area contributed by atoms with Crippen LogP contribution in [0, 0.1) is 5.92 Å². The Kier molecular flexibility index (Phi) is 14.5. The Labute approximate surface area is 157 Å². The first-order chi connectivity index (χ1) is 12.4. The Hall–Kier alpha value is -1.72. The highest BCUT2D eigenvalue weighted by Crippen LogP contribution is 2.17. The van der Waals surface area contributed by atoms with E-state index in [-0.39, 0.29) is 49.3 Å². The summed E-state index contributed by atoms with van der Waals surface area (Å²) in [6, 6.07) is 0. The van der Waals surface area contributed by atoms with E-state index < -0.39 is 5.92 Å². The van der Waals surface area contributed by atoms with Gasteiger partial charge >= 0.3 is 5.97 Å². The third-order valence-corrected chi connectivity index (χ3v) is 4.17. The predicted octanol–water partition coefficient (Wildman–Crippen LogP) is 3.36. The lowest BCUT2D eigenvalue weighted by molar-refractivity contribution is -0.150. The van der Waals surface area contributed by atoms with Gasteiger partial charge in [0.15, 0.2) is 5.78 Å². The number of Topliss-reactive ketones (excluding diaryl/α,β-unsaturated/α-hetero) is 2. The van der Waals surface area contributed by atoms with Gasteiger partial charge in [0.05, 0.1) is 19.1 Å². The number of ketones is 2. The molecule has 0 heterocycles. The molecule has 150 valence electrons. The fraction of sp³-hybridized carbons (Fsp3) is 0.800. The molecule has 0 rings (SSSR count). The molecule has 0 fully saturated rings. The SMILES string of the molecule is CCCCC[C@H](CC(=O)CCC(=O)CNC(=O)CCCC)C(=O)OCC. The molecule has 0 aliphatic heterocycles. The Morgan fingerprint density at radius 2 is 1.50 bits per heavy atom. The number of hydrogen-bond donors (Lipinski definition) is 1. The molecule has 0 saturated heterocycles. The quantitative estimate of drug-likeness (QED) is 0.333. The number of carbonyl (C=O) groups is 4. The summed E-state index contributed by atoms with van der Waals surface area (Å²) in [7, 11) is 0. The second kappa shape index (κ2) is 15.5. The molecular weight excluding hydrogens is 334 g/mol. The summed E-state index contributed by atoms with van der Waals surface area (Å²) in [5.74, 6) is -1.15. The summed E-state index contributed by atoms with van der Waals surface area (Å²) < 4.78 is 5.05. The fourth-order valence-electron chi connectivity index (χ4n) is 2.57. The van der Waals surface area contributed by atoms with E-state index in [2.05, 4.69) is 12.2 Å². The molecule has 1 amide bonds. The second-order valence-electron chi connectivity index (χ2n) is 6.61. The van der Waals surface area contributed by atoms with Crippen LogP contribution in [0.1, 0.15) is 85.0 Å².